The predicted molar refractivity (Wildman–Crippen MR) is 79.8 cm³/mol. The van der Waals surface area contributed by atoms with E-state index in [4.69, 9.17) is 9.47 Å². The number of carbonyl (C=O) groups is 1. The van der Waals surface area contributed by atoms with Gasteiger partial charge in [0.2, 0.25) is 0 Å². The van der Waals surface area contributed by atoms with Gasteiger partial charge in [0.15, 0.2) is 11.5 Å². The van der Waals surface area contributed by atoms with Crippen LogP contribution < -0.4 is 14.9 Å². The molecule has 0 radical (unpaired) electrons. The molecule has 2 aliphatic rings. The lowest BCUT2D eigenvalue weighted by Gasteiger charge is -2.31. The number of nitrogens with zero attached hydrogens (tertiary/aromatic N) is 1. The molecule has 1 N–H and O–H groups in total. The van der Waals surface area contributed by atoms with Crippen LogP contribution in [0.1, 0.15) is 23.2 Å². The van der Waals surface area contributed by atoms with E-state index in [9.17, 15) is 4.79 Å². The highest BCUT2D eigenvalue weighted by molar-refractivity contribution is 5.98. The van der Waals surface area contributed by atoms with Crippen LogP contribution in [-0.2, 0) is 0 Å². The summed E-state index contributed by atoms with van der Waals surface area (Å²) in [6.07, 6.45) is 6.41. The zero-order chi connectivity index (χ0) is 14.8. The summed E-state index contributed by atoms with van der Waals surface area (Å²) in [5.41, 5.74) is 4.21. The van der Waals surface area contributed by atoms with Crippen molar-refractivity contribution in [1.82, 2.24) is 5.43 Å². The first-order valence-electron chi connectivity index (χ1n) is 6.98. The summed E-state index contributed by atoms with van der Waals surface area (Å²) in [7, 11) is 3.10. The Morgan fingerprint density at radius 3 is 2.81 bits per heavy atom. The Labute approximate surface area is 123 Å². The minimum atomic E-state index is -0.238. The van der Waals surface area contributed by atoms with Gasteiger partial charge in [0.25, 0.3) is 5.91 Å². The molecule has 1 fully saturated rings. The zero-order valence-electron chi connectivity index (χ0n) is 12.1. The number of fused-ring (bicyclic) bond motifs is 1. The third kappa shape index (κ3) is 2.51. The highest BCUT2D eigenvalue weighted by Gasteiger charge is 2.38. The minimum Gasteiger partial charge on any atom is -0.493 e. The lowest BCUT2D eigenvalue weighted by Crippen LogP contribution is -2.35. The smallest absolute Gasteiger partial charge is 0.271 e. The van der Waals surface area contributed by atoms with Crippen molar-refractivity contribution in [3.05, 3.63) is 35.9 Å². The number of amides is 1. The van der Waals surface area contributed by atoms with Crippen molar-refractivity contribution in [2.24, 2.45) is 16.9 Å². The molecular weight excluding hydrogens is 268 g/mol. The van der Waals surface area contributed by atoms with Gasteiger partial charge in [-0.3, -0.25) is 4.79 Å². The Balaban J connectivity index is 1.67. The van der Waals surface area contributed by atoms with Crippen molar-refractivity contribution < 1.29 is 14.3 Å². The summed E-state index contributed by atoms with van der Waals surface area (Å²) >= 11 is 0. The maximum Gasteiger partial charge on any atom is 0.271 e. The fourth-order valence-corrected chi connectivity index (χ4v) is 2.83. The van der Waals surface area contributed by atoms with Crippen LogP contribution in [-0.4, -0.2) is 25.8 Å². The van der Waals surface area contributed by atoms with Crippen molar-refractivity contribution in [3.63, 3.8) is 0 Å². The van der Waals surface area contributed by atoms with Gasteiger partial charge in [-0.25, -0.2) is 5.43 Å². The molecule has 0 aromatic heterocycles. The average Bonchev–Trinajstić information content (AvgIpc) is 2.87. The maximum atomic E-state index is 12.1. The molecule has 1 aromatic rings. The van der Waals surface area contributed by atoms with Crippen molar-refractivity contribution in [2.75, 3.05) is 14.2 Å². The Morgan fingerprint density at radius 2 is 2.10 bits per heavy atom. The Morgan fingerprint density at radius 1 is 1.29 bits per heavy atom. The van der Waals surface area contributed by atoms with E-state index in [2.05, 4.69) is 22.7 Å². The second-order valence-corrected chi connectivity index (χ2v) is 5.25. The summed E-state index contributed by atoms with van der Waals surface area (Å²) in [6, 6.07) is 5.05. The van der Waals surface area contributed by atoms with Crippen LogP contribution in [0.15, 0.2) is 35.5 Å². The van der Waals surface area contributed by atoms with E-state index in [1.807, 2.05) is 0 Å². The fraction of sp³-hybridized carbons (Fsp3) is 0.375. The molecule has 110 valence electrons. The first-order chi connectivity index (χ1) is 10.2. The van der Waals surface area contributed by atoms with Crippen LogP contribution in [0.2, 0.25) is 0 Å². The molecule has 1 amide bonds. The van der Waals surface area contributed by atoms with Gasteiger partial charge in [-0.2, -0.15) is 5.10 Å². The van der Waals surface area contributed by atoms with Gasteiger partial charge in [0, 0.05) is 17.2 Å². The highest BCUT2D eigenvalue weighted by Crippen LogP contribution is 2.40. The normalized spacial score (nSPS) is 24.4. The second kappa shape index (κ2) is 5.60. The number of methoxy groups -OCH3 is 2. The van der Waals surface area contributed by atoms with E-state index >= 15 is 0 Å². The molecule has 5 nitrogen and oxygen atoms in total. The van der Waals surface area contributed by atoms with Crippen LogP contribution in [0.4, 0.5) is 0 Å². The van der Waals surface area contributed by atoms with Crippen LogP contribution >= 0.6 is 0 Å². The van der Waals surface area contributed by atoms with Crippen LogP contribution in [0, 0.1) is 11.8 Å². The lowest BCUT2D eigenvalue weighted by atomic mass is 9.74. The Bertz CT molecular complexity index is 622. The van der Waals surface area contributed by atoms with E-state index in [1.165, 1.54) is 0 Å². The minimum absolute atomic E-state index is 0.238. The number of benzene rings is 1. The molecule has 0 bridgehead atoms. The number of hydrogen-bond acceptors (Lipinski definition) is 4. The standard InChI is InChI=1S/C16H18N2O3/c1-20-14-7-6-11(9-15(14)21-2)16(19)18-17-13-8-10-4-3-5-12(10)13/h3-4,6-7,9-10,12H,5,8H2,1-2H3,(H,18,19)/b17-13-. The first-order valence-corrected chi connectivity index (χ1v) is 6.98. The number of hydrazone groups is 1. The summed E-state index contributed by atoms with van der Waals surface area (Å²) in [5, 5.41) is 4.25. The molecule has 0 spiro atoms. The summed E-state index contributed by atoms with van der Waals surface area (Å²) in [4.78, 5) is 12.1. The van der Waals surface area contributed by atoms with E-state index in [-0.39, 0.29) is 5.91 Å². The van der Waals surface area contributed by atoms with Crippen molar-refractivity contribution >= 4 is 11.6 Å². The molecule has 2 aliphatic carbocycles. The van der Waals surface area contributed by atoms with E-state index in [0.29, 0.717) is 28.9 Å². The van der Waals surface area contributed by atoms with Gasteiger partial charge in [0.1, 0.15) is 0 Å². The van der Waals surface area contributed by atoms with E-state index < -0.39 is 0 Å². The third-order valence-corrected chi connectivity index (χ3v) is 4.11. The molecule has 3 rings (SSSR count). The van der Waals surface area contributed by atoms with Gasteiger partial charge in [-0.05, 0) is 37.0 Å². The highest BCUT2D eigenvalue weighted by atomic mass is 16.5. The van der Waals surface area contributed by atoms with Crippen molar-refractivity contribution in [1.29, 1.82) is 0 Å². The number of ether oxygens (including phenoxy) is 2. The van der Waals surface area contributed by atoms with E-state index in [1.54, 1.807) is 32.4 Å². The molecule has 5 heteroatoms. The number of nitrogens with one attached hydrogen (secondary N) is 1. The van der Waals surface area contributed by atoms with Crippen molar-refractivity contribution in [3.8, 4) is 11.5 Å². The molecule has 0 heterocycles. The number of allylic oxidation sites excluding steroid dienone is 2. The monoisotopic (exact) mass is 286 g/mol. The van der Waals surface area contributed by atoms with Gasteiger partial charge >= 0.3 is 0 Å². The summed E-state index contributed by atoms with van der Waals surface area (Å²) < 4.78 is 10.3. The number of hydrogen-bond donors (Lipinski definition) is 1. The number of rotatable bonds is 4. The molecule has 1 saturated carbocycles. The first kappa shape index (κ1) is 13.7. The quantitative estimate of drug-likeness (QED) is 0.683. The largest absolute Gasteiger partial charge is 0.493 e. The zero-order valence-corrected chi connectivity index (χ0v) is 12.1. The molecule has 0 saturated heterocycles. The van der Waals surface area contributed by atoms with Gasteiger partial charge in [-0.15, -0.1) is 0 Å². The molecule has 21 heavy (non-hydrogen) atoms. The van der Waals surface area contributed by atoms with Crippen LogP contribution in [0.5, 0.6) is 11.5 Å². The third-order valence-electron chi connectivity index (χ3n) is 4.11. The number of carbonyl (C=O) groups excluding carboxylic acids is 1. The summed E-state index contributed by atoms with van der Waals surface area (Å²) in [6.45, 7) is 0. The van der Waals surface area contributed by atoms with Crippen LogP contribution in [0.3, 0.4) is 0 Å². The SMILES string of the molecule is COc1ccc(C(=O)N/N=C2/CC3C=CCC23)cc1OC. The van der Waals surface area contributed by atoms with Gasteiger partial charge in [0.05, 0.1) is 14.2 Å². The predicted octanol–water partition coefficient (Wildman–Crippen LogP) is 2.39. The summed E-state index contributed by atoms with van der Waals surface area (Å²) in [5.74, 6) is 2.01. The van der Waals surface area contributed by atoms with Gasteiger partial charge < -0.3 is 9.47 Å². The second-order valence-electron chi connectivity index (χ2n) is 5.25. The van der Waals surface area contributed by atoms with E-state index in [0.717, 1.165) is 18.6 Å². The Hall–Kier alpha value is -2.30. The van der Waals surface area contributed by atoms with Gasteiger partial charge in [-0.1, -0.05) is 12.2 Å². The fourth-order valence-electron chi connectivity index (χ4n) is 2.83. The molecular formula is C16H18N2O3. The van der Waals surface area contributed by atoms with Crippen LogP contribution in [0.25, 0.3) is 0 Å². The Kier molecular flexibility index (Phi) is 3.64. The molecule has 2 atom stereocenters. The molecule has 0 aliphatic heterocycles. The lowest BCUT2D eigenvalue weighted by molar-refractivity contribution is 0.0953. The molecule has 2 unspecified atom stereocenters. The van der Waals surface area contributed by atoms with Crippen molar-refractivity contribution in [2.45, 2.75) is 12.8 Å². The average molecular weight is 286 g/mol. The molecule has 1 aromatic carbocycles. The maximum absolute atomic E-state index is 12.1. The topological polar surface area (TPSA) is 59.9 Å².